The average Bonchev–Trinajstić information content (AvgIpc) is 2.93. The van der Waals surface area contributed by atoms with Crippen molar-refractivity contribution in [2.24, 2.45) is 7.05 Å². The Kier molecular flexibility index (Phi) is 4.84. The van der Waals surface area contributed by atoms with Crippen molar-refractivity contribution >= 4 is 46.3 Å². The Bertz CT molecular complexity index is 621. The van der Waals surface area contributed by atoms with Crippen molar-refractivity contribution < 1.29 is 14.7 Å². The number of aryl methyl sites for hydroxylation is 1. The molecule has 1 fully saturated rings. The normalized spacial score (nSPS) is 18.6. The summed E-state index contributed by atoms with van der Waals surface area (Å²) >= 11 is 6.34. The SMILES string of the molecule is CCCC(C(=O)O)N1C(=O)C(=Cc2ccn(C)c2)SC1=S. The van der Waals surface area contributed by atoms with Crippen LogP contribution in [-0.2, 0) is 16.6 Å². The summed E-state index contributed by atoms with van der Waals surface area (Å²) in [7, 11) is 1.89. The van der Waals surface area contributed by atoms with Crippen molar-refractivity contribution in [3.63, 3.8) is 0 Å². The zero-order valence-corrected chi connectivity index (χ0v) is 13.4. The van der Waals surface area contributed by atoms with Crippen LogP contribution in [0, 0.1) is 0 Å². The van der Waals surface area contributed by atoms with Crippen molar-refractivity contribution in [2.45, 2.75) is 25.8 Å². The van der Waals surface area contributed by atoms with Gasteiger partial charge in [-0.2, -0.15) is 0 Å². The van der Waals surface area contributed by atoms with E-state index >= 15 is 0 Å². The first-order chi connectivity index (χ1) is 9.93. The molecule has 1 unspecified atom stereocenters. The van der Waals surface area contributed by atoms with Crippen LogP contribution in [0.5, 0.6) is 0 Å². The minimum atomic E-state index is -1.02. The highest BCUT2D eigenvalue weighted by Gasteiger charge is 2.39. The lowest BCUT2D eigenvalue weighted by molar-refractivity contribution is -0.145. The quantitative estimate of drug-likeness (QED) is 0.666. The number of aromatic nitrogens is 1. The molecule has 0 spiro atoms. The monoisotopic (exact) mass is 324 g/mol. The first-order valence-electron chi connectivity index (χ1n) is 6.56. The van der Waals surface area contributed by atoms with E-state index in [9.17, 15) is 14.7 Å². The molecule has 2 rings (SSSR count). The molecule has 1 aliphatic rings. The van der Waals surface area contributed by atoms with Crippen LogP contribution in [0.25, 0.3) is 6.08 Å². The number of aliphatic carboxylic acids is 1. The molecule has 0 aliphatic carbocycles. The molecule has 0 aromatic carbocycles. The number of carbonyl (C=O) groups excluding carboxylic acids is 1. The third-order valence-electron chi connectivity index (χ3n) is 3.13. The zero-order chi connectivity index (χ0) is 15.6. The van der Waals surface area contributed by atoms with Gasteiger partial charge in [-0.05, 0) is 24.1 Å². The van der Waals surface area contributed by atoms with Crippen LogP contribution in [0.1, 0.15) is 25.3 Å². The fourth-order valence-corrected chi connectivity index (χ4v) is 3.50. The van der Waals surface area contributed by atoms with Crippen molar-refractivity contribution in [3.05, 3.63) is 28.9 Å². The first kappa shape index (κ1) is 15.8. The maximum absolute atomic E-state index is 12.4. The second-order valence-electron chi connectivity index (χ2n) is 4.80. The summed E-state index contributed by atoms with van der Waals surface area (Å²) in [5.74, 6) is -1.34. The molecule has 0 radical (unpaired) electrons. The van der Waals surface area contributed by atoms with E-state index in [1.54, 1.807) is 6.08 Å². The lowest BCUT2D eigenvalue weighted by atomic mass is 10.1. The average molecular weight is 324 g/mol. The van der Waals surface area contributed by atoms with Gasteiger partial charge in [0.1, 0.15) is 10.4 Å². The van der Waals surface area contributed by atoms with Gasteiger partial charge in [-0.15, -0.1) is 0 Å². The van der Waals surface area contributed by atoms with Crippen LogP contribution >= 0.6 is 24.0 Å². The molecule has 1 N–H and O–H groups in total. The van der Waals surface area contributed by atoms with Gasteiger partial charge in [0.25, 0.3) is 5.91 Å². The van der Waals surface area contributed by atoms with Crippen LogP contribution in [0.2, 0.25) is 0 Å². The molecule has 1 aromatic rings. The minimum absolute atomic E-state index is 0.308. The van der Waals surface area contributed by atoms with Crippen molar-refractivity contribution in [1.82, 2.24) is 9.47 Å². The first-order valence-corrected chi connectivity index (χ1v) is 7.78. The van der Waals surface area contributed by atoms with Gasteiger partial charge >= 0.3 is 5.97 Å². The maximum Gasteiger partial charge on any atom is 0.326 e. The Balaban J connectivity index is 2.27. The van der Waals surface area contributed by atoms with Crippen LogP contribution in [0.4, 0.5) is 0 Å². The van der Waals surface area contributed by atoms with Gasteiger partial charge in [0.15, 0.2) is 0 Å². The summed E-state index contributed by atoms with van der Waals surface area (Å²) in [6.07, 6.45) is 6.56. The fourth-order valence-electron chi connectivity index (χ4n) is 2.15. The Morgan fingerprint density at radius 2 is 2.29 bits per heavy atom. The molecule has 21 heavy (non-hydrogen) atoms. The number of thioether (sulfide) groups is 1. The topological polar surface area (TPSA) is 62.5 Å². The molecule has 0 bridgehead atoms. The van der Waals surface area contributed by atoms with E-state index in [4.69, 9.17) is 12.2 Å². The van der Waals surface area contributed by atoms with E-state index in [-0.39, 0.29) is 5.91 Å². The Morgan fingerprint density at radius 1 is 1.57 bits per heavy atom. The smallest absolute Gasteiger partial charge is 0.326 e. The van der Waals surface area contributed by atoms with Gasteiger partial charge in [-0.25, -0.2) is 4.79 Å². The summed E-state index contributed by atoms with van der Waals surface area (Å²) in [5, 5.41) is 9.29. The number of hydrogen-bond donors (Lipinski definition) is 1. The molecule has 1 atom stereocenters. The van der Waals surface area contributed by atoms with Gasteiger partial charge in [0.2, 0.25) is 0 Å². The van der Waals surface area contributed by atoms with Crippen LogP contribution < -0.4 is 0 Å². The highest BCUT2D eigenvalue weighted by atomic mass is 32.2. The maximum atomic E-state index is 12.4. The molecule has 0 saturated carbocycles. The number of rotatable bonds is 5. The van der Waals surface area contributed by atoms with E-state index < -0.39 is 12.0 Å². The van der Waals surface area contributed by atoms with Crippen molar-refractivity contribution in [1.29, 1.82) is 0 Å². The van der Waals surface area contributed by atoms with Gasteiger partial charge in [0, 0.05) is 19.4 Å². The lowest BCUT2D eigenvalue weighted by Gasteiger charge is -2.22. The van der Waals surface area contributed by atoms with Crippen LogP contribution in [-0.4, -0.2) is 36.8 Å². The van der Waals surface area contributed by atoms with Gasteiger partial charge < -0.3 is 9.67 Å². The Hall–Kier alpha value is -1.60. The number of carboxylic acids is 1. The molecule has 5 nitrogen and oxygen atoms in total. The zero-order valence-electron chi connectivity index (χ0n) is 11.8. The molecule has 7 heteroatoms. The van der Waals surface area contributed by atoms with Crippen molar-refractivity contribution in [2.75, 3.05) is 0 Å². The molecule has 1 amide bonds. The summed E-state index contributed by atoms with van der Waals surface area (Å²) in [6.45, 7) is 1.88. The summed E-state index contributed by atoms with van der Waals surface area (Å²) in [5.41, 5.74) is 0.889. The van der Waals surface area contributed by atoms with E-state index in [1.807, 2.05) is 37.0 Å². The Labute approximate surface area is 132 Å². The molecule has 112 valence electrons. The third kappa shape index (κ3) is 3.36. The molecule has 1 saturated heterocycles. The largest absolute Gasteiger partial charge is 0.480 e. The van der Waals surface area contributed by atoms with E-state index in [2.05, 4.69) is 0 Å². The minimum Gasteiger partial charge on any atom is -0.480 e. The number of hydrogen-bond acceptors (Lipinski definition) is 4. The highest BCUT2D eigenvalue weighted by molar-refractivity contribution is 8.26. The summed E-state index contributed by atoms with van der Waals surface area (Å²) in [4.78, 5) is 25.5. The Morgan fingerprint density at radius 3 is 2.81 bits per heavy atom. The molecule has 1 aromatic heterocycles. The number of thiocarbonyl (C=S) groups is 1. The second-order valence-corrected chi connectivity index (χ2v) is 6.48. The summed E-state index contributed by atoms with van der Waals surface area (Å²) < 4.78 is 2.19. The van der Waals surface area contributed by atoms with Crippen LogP contribution in [0.3, 0.4) is 0 Å². The highest BCUT2D eigenvalue weighted by Crippen LogP contribution is 2.34. The predicted molar refractivity (Wildman–Crippen MR) is 86.8 cm³/mol. The molecular weight excluding hydrogens is 308 g/mol. The molecule has 1 aliphatic heterocycles. The van der Waals surface area contributed by atoms with Gasteiger partial charge in [-0.1, -0.05) is 37.3 Å². The number of carboxylic acid groups (broad SMARTS) is 1. The lowest BCUT2D eigenvalue weighted by Crippen LogP contribution is -2.43. The number of carbonyl (C=O) groups is 2. The van der Waals surface area contributed by atoms with Crippen molar-refractivity contribution in [3.8, 4) is 0 Å². The van der Waals surface area contributed by atoms with Gasteiger partial charge in [0.05, 0.1) is 4.91 Å². The fraction of sp³-hybridized carbons (Fsp3) is 0.357. The van der Waals surface area contributed by atoms with Crippen LogP contribution in [0.15, 0.2) is 23.4 Å². The summed E-state index contributed by atoms with van der Waals surface area (Å²) in [6, 6.07) is 0.997. The molecule has 2 heterocycles. The van der Waals surface area contributed by atoms with Gasteiger partial charge in [-0.3, -0.25) is 9.69 Å². The van der Waals surface area contributed by atoms with E-state index in [0.717, 1.165) is 17.3 Å². The third-order valence-corrected chi connectivity index (χ3v) is 4.47. The second kappa shape index (κ2) is 6.44. The van der Waals surface area contributed by atoms with E-state index in [0.29, 0.717) is 22.1 Å². The molecular formula is C14H16N2O3S2. The van der Waals surface area contributed by atoms with E-state index in [1.165, 1.54) is 4.90 Å². The predicted octanol–water partition coefficient (Wildman–Crippen LogP) is 2.48. The standard InChI is InChI=1S/C14H16N2O3S2/c1-3-4-10(13(18)19)16-12(17)11(21-14(16)20)7-9-5-6-15(2)8-9/h5-8,10H,3-4H2,1-2H3,(H,18,19). The number of nitrogens with zero attached hydrogens (tertiary/aromatic N) is 2. The number of amides is 1.